The van der Waals surface area contributed by atoms with Crippen LogP contribution in [0, 0.1) is 20.2 Å². The minimum atomic E-state index is -1.71. The summed E-state index contributed by atoms with van der Waals surface area (Å²) in [7, 11) is 0. The van der Waals surface area contributed by atoms with E-state index in [1.165, 1.54) is 0 Å². The Bertz CT molecular complexity index is 684. The summed E-state index contributed by atoms with van der Waals surface area (Å²) < 4.78 is 18.8. The molecular weight excluding hydrogens is 352 g/mol. The quantitative estimate of drug-likeness (QED) is 0.418. The summed E-state index contributed by atoms with van der Waals surface area (Å²) in [6, 6.07) is 2.07. The molecule has 0 aromatic heterocycles. The molecule has 5 rings (SSSR count). The summed E-state index contributed by atoms with van der Waals surface area (Å²) in [5, 5.41) is 31.0. The van der Waals surface area contributed by atoms with Crippen LogP contribution < -0.4 is 10.00 Å². The number of nitrogens with one attached hydrogen (secondary N) is 1. The van der Waals surface area contributed by atoms with Gasteiger partial charge in [-0.2, -0.15) is 0 Å². The molecule has 4 fully saturated rings. The highest BCUT2D eigenvalue weighted by atomic mass is 16.6. The molecular formula is C13H18N6O7. The number of nitro groups is 2. The van der Waals surface area contributed by atoms with Crippen LogP contribution in [0.15, 0.2) is 18.2 Å². The maximum Gasteiger partial charge on any atom is 0.351 e. The Labute approximate surface area is 151 Å². The SMILES string of the molecule is O=C([O-])c1cc([N+](=O)[O-])cc([N+](=O)[O-])c1.[2H]O[2H].[2H][N+]12CN3CN(CN(C3)C1)C2. The van der Waals surface area contributed by atoms with Gasteiger partial charge in [0.25, 0.3) is 11.4 Å². The van der Waals surface area contributed by atoms with Crippen LogP contribution in [0.2, 0.25) is 1.41 Å². The number of rotatable bonds is 3. The number of carbonyl (C=O) groups excluding carboxylic acids is 1. The van der Waals surface area contributed by atoms with E-state index in [0.29, 0.717) is 23.1 Å². The zero-order valence-electron chi connectivity index (χ0n) is 16.5. The number of quaternary nitrogens is 1. The molecule has 1 aromatic rings. The van der Waals surface area contributed by atoms with Gasteiger partial charge in [-0.3, -0.25) is 25.1 Å². The molecule has 1 aromatic carbocycles. The smallest absolute Gasteiger partial charge is 0.351 e. The molecule has 13 nitrogen and oxygen atoms in total. The molecule has 0 radical (unpaired) electrons. The third-order valence-electron chi connectivity index (χ3n) is 3.96. The number of hydrogen-bond acceptors (Lipinski definition) is 9. The number of non-ortho nitro benzene ring substituents is 2. The zero-order valence-corrected chi connectivity index (χ0v) is 13.5. The Balaban J connectivity index is 0.000000187. The summed E-state index contributed by atoms with van der Waals surface area (Å²) in [5.41, 5.74) is 0.822. The number of carboxylic acid groups (broad SMARTS) is 1. The predicted octanol–water partition coefficient (Wildman–Crippen LogP) is -3.40. The summed E-state index contributed by atoms with van der Waals surface area (Å²) in [4.78, 5) is 36.7. The van der Waals surface area contributed by atoms with Crippen molar-refractivity contribution < 1.29 is 31.5 Å². The van der Waals surface area contributed by atoms with Crippen LogP contribution >= 0.6 is 0 Å². The molecule has 13 heteroatoms. The monoisotopic (exact) mass is 373 g/mol. The molecule has 0 atom stereocenters. The van der Waals surface area contributed by atoms with E-state index in [1.807, 2.05) is 0 Å². The Hall–Kier alpha value is -2.71. The van der Waals surface area contributed by atoms with Gasteiger partial charge in [0.15, 0.2) is 0 Å². The molecule has 0 saturated carbocycles. The van der Waals surface area contributed by atoms with Gasteiger partial charge in [0.05, 0.1) is 41.9 Å². The van der Waals surface area contributed by atoms with E-state index in [1.54, 1.807) is 0 Å². The second-order valence-electron chi connectivity index (χ2n) is 6.07. The molecule has 142 valence electrons. The number of hydrogen-bond donors (Lipinski definition) is 1. The van der Waals surface area contributed by atoms with Gasteiger partial charge in [-0.05, 0) is 0 Å². The van der Waals surface area contributed by atoms with Crippen molar-refractivity contribution in [3.8, 4) is 0 Å². The molecule has 4 aliphatic heterocycles. The van der Waals surface area contributed by atoms with Crippen molar-refractivity contribution in [2.45, 2.75) is 0 Å². The minimum Gasteiger partial charge on any atom is -0.545 e. The molecule has 4 saturated heterocycles. The van der Waals surface area contributed by atoms with Crippen molar-refractivity contribution in [3.05, 3.63) is 44.0 Å². The van der Waals surface area contributed by atoms with Gasteiger partial charge in [0.1, 0.15) is 20.0 Å². The maximum absolute atomic E-state index is 10.4. The van der Waals surface area contributed by atoms with Crippen molar-refractivity contribution in [3.63, 3.8) is 0 Å². The van der Waals surface area contributed by atoms with Crippen LogP contribution in [0.5, 0.6) is 0 Å². The lowest BCUT2D eigenvalue weighted by molar-refractivity contribution is -0.958. The van der Waals surface area contributed by atoms with Gasteiger partial charge >= 0.3 is 1.41 Å². The maximum atomic E-state index is 10.4. The fourth-order valence-electron chi connectivity index (χ4n) is 3.16. The normalized spacial score (nSPS) is 31.8. The lowest BCUT2D eigenvalue weighted by Crippen LogP contribution is -3.21. The van der Waals surface area contributed by atoms with Gasteiger partial charge in [0, 0.05) is 17.7 Å². The summed E-state index contributed by atoms with van der Waals surface area (Å²) >= 11 is 0. The lowest BCUT2D eigenvalue weighted by Gasteiger charge is -2.53. The fourth-order valence-corrected chi connectivity index (χ4v) is 3.16. The lowest BCUT2D eigenvalue weighted by atomic mass is 10.2. The van der Waals surface area contributed by atoms with Crippen LogP contribution in [0.3, 0.4) is 0 Å². The number of carbonyl (C=O) groups is 1. The first kappa shape index (κ1) is 15.5. The van der Waals surface area contributed by atoms with E-state index in [9.17, 15) is 30.1 Å². The van der Waals surface area contributed by atoms with Crippen molar-refractivity contribution in [2.24, 2.45) is 0 Å². The molecule has 0 amide bonds. The third-order valence-corrected chi connectivity index (χ3v) is 3.96. The zero-order chi connectivity index (χ0) is 21.8. The van der Waals surface area contributed by atoms with E-state index in [2.05, 4.69) is 20.2 Å². The van der Waals surface area contributed by atoms with E-state index in [0.717, 1.165) is 40.0 Å². The molecule has 4 heterocycles. The van der Waals surface area contributed by atoms with Crippen LogP contribution in [0.1, 0.15) is 10.4 Å². The first-order valence-corrected chi connectivity index (χ1v) is 7.36. The Morgan fingerprint density at radius 3 is 1.69 bits per heavy atom. The van der Waals surface area contributed by atoms with Gasteiger partial charge in [-0.25, -0.2) is 14.7 Å². The molecule has 4 bridgehead atoms. The number of nitrogens with zero attached hydrogens (tertiary/aromatic N) is 5. The van der Waals surface area contributed by atoms with Gasteiger partial charge in [-0.15, -0.1) is 0 Å². The highest BCUT2D eigenvalue weighted by Crippen LogP contribution is 2.22. The standard InChI is InChI=1S/C7H4N2O6.C6H12N4.H2O/c10-7(11)4-1-5(8(12)13)3-6(2-4)9(14)15;1-7-2-9-4-8(1)5-10(3-7)6-9;/h1-3H,(H,10,11);1-6H2;1H2/i/hD3. The van der Waals surface area contributed by atoms with Crippen molar-refractivity contribution in [2.75, 3.05) is 40.0 Å². The Morgan fingerprint density at radius 2 is 1.42 bits per heavy atom. The van der Waals surface area contributed by atoms with E-state index in [4.69, 9.17) is 4.27 Å². The predicted molar refractivity (Wildman–Crippen MR) is 83.4 cm³/mol. The molecule has 0 unspecified atom stereocenters. The Kier molecular flexibility index (Phi) is 4.58. The van der Waals surface area contributed by atoms with Crippen LogP contribution in [0.25, 0.3) is 0 Å². The molecule has 0 aliphatic carbocycles. The summed E-state index contributed by atoms with van der Waals surface area (Å²) in [6.07, 6.45) is 0. The second-order valence-corrected chi connectivity index (χ2v) is 6.07. The number of aromatic carboxylic acids is 1. The largest absolute Gasteiger partial charge is 0.545 e. The number of nitro benzene ring substituents is 2. The van der Waals surface area contributed by atoms with Crippen LogP contribution in [0.4, 0.5) is 11.4 Å². The summed E-state index contributed by atoms with van der Waals surface area (Å²) in [5.74, 6) is -1.71. The van der Waals surface area contributed by atoms with Gasteiger partial charge in [0.2, 0.25) is 2.86 Å². The highest BCUT2D eigenvalue weighted by molar-refractivity contribution is 5.87. The van der Waals surface area contributed by atoms with E-state index >= 15 is 0 Å². The van der Waals surface area contributed by atoms with Gasteiger partial charge in [-0.1, -0.05) is 0 Å². The van der Waals surface area contributed by atoms with Gasteiger partial charge < -0.3 is 15.4 Å². The number of benzene rings is 1. The average molecular weight is 373 g/mol. The third kappa shape index (κ3) is 4.27. The van der Waals surface area contributed by atoms with Crippen LogP contribution in [-0.2, 0) is 0 Å². The summed E-state index contributed by atoms with van der Waals surface area (Å²) in [6.45, 7) is 6.01. The van der Waals surface area contributed by atoms with E-state index in [-0.39, 0.29) is 0 Å². The second kappa shape index (κ2) is 7.67. The molecule has 4 aliphatic rings. The topological polar surface area (TPSA) is 172 Å². The minimum absolute atomic E-state index is 0.458. The van der Waals surface area contributed by atoms with Crippen LogP contribution in [-0.4, -0.2) is 78.9 Å². The average Bonchev–Trinajstić information content (AvgIpc) is 2.60. The van der Waals surface area contributed by atoms with Crippen molar-refractivity contribution in [1.29, 1.82) is 2.86 Å². The van der Waals surface area contributed by atoms with E-state index < -0.39 is 32.8 Å². The molecule has 26 heavy (non-hydrogen) atoms. The van der Waals surface area contributed by atoms with Crippen molar-refractivity contribution in [1.82, 2.24) is 14.7 Å². The molecule has 0 spiro atoms. The Morgan fingerprint density at radius 1 is 1.04 bits per heavy atom. The molecule has 3 N–H and O–H groups in total. The fraction of sp³-hybridized carbons (Fsp3) is 0.462. The first-order valence-electron chi connectivity index (χ1n) is 8.63. The highest BCUT2D eigenvalue weighted by Gasteiger charge is 2.39. The van der Waals surface area contributed by atoms with Crippen molar-refractivity contribution >= 4 is 17.3 Å². The number of carboxylic acids is 1. The first-order chi connectivity index (χ1) is 13.6.